The van der Waals surface area contributed by atoms with E-state index >= 15 is 0 Å². The summed E-state index contributed by atoms with van der Waals surface area (Å²) in [5, 5.41) is 25.1. The third-order valence-electron chi connectivity index (χ3n) is 4.62. The number of pyridine rings is 1. The fourth-order valence-electron chi connectivity index (χ4n) is 3.31. The molecule has 2 aromatic rings. The summed E-state index contributed by atoms with van der Waals surface area (Å²) in [6.07, 6.45) is 8.44. The molecular formula is C17H22N4O5. The van der Waals surface area contributed by atoms with Crippen molar-refractivity contribution in [3.63, 3.8) is 0 Å². The number of fused-ring (bicyclic) bond motifs is 1. The molecule has 9 nitrogen and oxygen atoms in total. The molecule has 0 radical (unpaired) electrons. The van der Waals surface area contributed by atoms with Gasteiger partial charge in [0.25, 0.3) is 5.91 Å². The number of carboxylic acids is 1. The molecule has 1 aliphatic carbocycles. The Balaban J connectivity index is 1.73. The van der Waals surface area contributed by atoms with Crippen LogP contribution in [0.3, 0.4) is 0 Å². The van der Waals surface area contributed by atoms with Gasteiger partial charge in [0.2, 0.25) is 5.88 Å². The molecule has 2 heterocycles. The van der Waals surface area contributed by atoms with E-state index in [2.05, 4.69) is 15.4 Å². The van der Waals surface area contributed by atoms with Crippen LogP contribution in [0.4, 0.5) is 0 Å². The Kier molecular flexibility index (Phi) is 5.55. The number of nitrogens with zero attached hydrogens (tertiary/aromatic N) is 3. The fraction of sp³-hybridized carbons (Fsp3) is 0.529. The Morgan fingerprint density at radius 2 is 2.08 bits per heavy atom. The molecule has 0 aromatic carbocycles. The van der Waals surface area contributed by atoms with Gasteiger partial charge in [-0.25, -0.2) is 4.98 Å². The Hall–Kier alpha value is -2.84. The van der Waals surface area contributed by atoms with Crippen molar-refractivity contribution in [2.45, 2.75) is 38.5 Å². The van der Waals surface area contributed by atoms with Gasteiger partial charge in [0.15, 0.2) is 5.65 Å². The van der Waals surface area contributed by atoms with Crippen molar-refractivity contribution in [1.29, 1.82) is 0 Å². The molecule has 1 aliphatic rings. The van der Waals surface area contributed by atoms with Crippen LogP contribution in [0.2, 0.25) is 0 Å². The minimum atomic E-state index is -1.18. The molecule has 0 atom stereocenters. The number of ether oxygens (including phenoxy) is 1. The summed E-state index contributed by atoms with van der Waals surface area (Å²) in [6.45, 7) is -0.0676. The SMILES string of the molecule is O=C(O)CNC(=O)c1c(O)cc(OCCC2CCCCC2)n2ncnc12. The van der Waals surface area contributed by atoms with E-state index in [0.29, 0.717) is 18.4 Å². The maximum absolute atomic E-state index is 12.2. The van der Waals surface area contributed by atoms with Crippen LogP contribution >= 0.6 is 0 Å². The van der Waals surface area contributed by atoms with Gasteiger partial charge in [0, 0.05) is 6.07 Å². The minimum absolute atomic E-state index is 0.112. The number of hydrogen-bond donors (Lipinski definition) is 3. The van der Waals surface area contributed by atoms with Crippen LogP contribution < -0.4 is 10.1 Å². The van der Waals surface area contributed by atoms with E-state index in [0.717, 1.165) is 6.42 Å². The lowest BCUT2D eigenvalue weighted by molar-refractivity contribution is -0.135. The number of rotatable bonds is 7. The molecule has 0 aliphatic heterocycles. The molecule has 2 aromatic heterocycles. The Morgan fingerprint density at radius 3 is 2.81 bits per heavy atom. The van der Waals surface area contributed by atoms with E-state index < -0.39 is 18.4 Å². The zero-order valence-electron chi connectivity index (χ0n) is 14.3. The van der Waals surface area contributed by atoms with E-state index in [1.54, 1.807) is 0 Å². The van der Waals surface area contributed by atoms with Crippen LogP contribution in [-0.4, -0.2) is 49.8 Å². The third-order valence-corrected chi connectivity index (χ3v) is 4.62. The highest BCUT2D eigenvalue weighted by atomic mass is 16.5. The standard InChI is InChI=1S/C17H22N4O5/c22-12-8-13(26-7-6-11-4-2-1-3-5-11)21-16(19-10-20-21)15(12)17(25)18-9-14(23)24/h8,10-11,22H,1-7,9H2,(H,18,25)(H,23,24). The van der Waals surface area contributed by atoms with Gasteiger partial charge in [-0.1, -0.05) is 32.1 Å². The molecule has 140 valence electrons. The summed E-state index contributed by atoms with van der Waals surface area (Å²) in [5.41, 5.74) is -0.0241. The van der Waals surface area contributed by atoms with Gasteiger partial charge in [0.05, 0.1) is 6.61 Å². The average molecular weight is 362 g/mol. The summed E-state index contributed by atoms with van der Waals surface area (Å²) in [4.78, 5) is 26.8. The van der Waals surface area contributed by atoms with Gasteiger partial charge in [-0.15, -0.1) is 0 Å². The molecule has 1 saturated carbocycles. The third kappa shape index (κ3) is 4.04. The van der Waals surface area contributed by atoms with E-state index in [1.165, 1.54) is 49.0 Å². The average Bonchev–Trinajstić information content (AvgIpc) is 3.10. The second kappa shape index (κ2) is 8.03. The van der Waals surface area contributed by atoms with Gasteiger partial charge in [0.1, 0.15) is 24.2 Å². The van der Waals surface area contributed by atoms with Gasteiger partial charge >= 0.3 is 5.97 Å². The maximum Gasteiger partial charge on any atom is 0.322 e. The van der Waals surface area contributed by atoms with Crippen molar-refractivity contribution in [3.8, 4) is 11.6 Å². The number of carbonyl (C=O) groups is 2. The van der Waals surface area contributed by atoms with E-state index in [1.807, 2.05) is 0 Å². The number of amides is 1. The van der Waals surface area contributed by atoms with Gasteiger partial charge in [-0.05, 0) is 12.3 Å². The number of carboxylic acid groups (broad SMARTS) is 1. The number of nitrogens with one attached hydrogen (secondary N) is 1. The first-order chi connectivity index (χ1) is 12.6. The van der Waals surface area contributed by atoms with Crippen molar-refractivity contribution < 1.29 is 24.5 Å². The quantitative estimate of drug-likeness (QED) is 0.683. The lowest BCUT2D eigenvalue weighted by Gasteiger charge is -2.21. The molecule has 26 heavy (non-hydrogen) atoms. The first-order valence-corrected chi connectivity index (χ1v) is 8.74. The molecule has 3 N–H and O–H groups in total. The zero-order chi connectivity index (χ0) is 18.5. The first kappa shape index (κ1) is 18.0. The Bertz CT molecular complexity index is 798. The first-order valence-electron chi connectivity index (χ1n) is 8.74. The highest BCUT2D eigenvalue weighted by Gasteiger charge is 2.22. The molecule has 1 amide bonds. The van der Waals surface area contributed by atoms with Crippen molar-refractivity contribution in [1.82, 2.24) is 19.9 Å². The molecule has 0 saturated heterocycles. The van der Waals surface area contributed by atoms with Crippen LogP contribution in [0.25, 0.3) is 5.65 Å². The lowest BCUT2D eigenvalue weighted by Crippen LogP contribution is -2.29. The molecular weight excluding hydrogens is 340 g/mol. The van der Waals surface area contributed by atoms with Crippen molar-refractivity contribution in [2.24, 2.45) is 5.92 Å². The van der Waals surface area contributed by atoms with Gasteiger partial charge in [-0.2, -0.15) is 9.61 Å². The summed E-state index contributed by atoms with van der Waals surface area (Å²) >= 11 is 0. The van der Waals surface area contributed by atoms with Crippen molar-refractivity contribution in [3.05, 3.63) is 18.0 Å². The van der Waals surface area contributed by atoms with Crippen LogP contribution in [0.1, 0.15) is 48.9 Å². The second-order valence-electron chi connectivity index (χ2n) is 6.46. The Morgan fingerprint density at radius 1 is 1.31 bits per heavy atom. The van der Waals surface area contributed by atoms with Crippen molar-refractivity contribution >= 4 is 17.5 Å². The second-order valence-corrected chi connectivity index (χ2v) is 6.46. The maximum atomic E-state index is 12.2. The summed E-state index contributed by atoms with van der Waals surface area (Å²) < 4.78 is 7.10. The summed E-state index contributed by atoms with van der Waals surface area (Å²) in [6, 6.07) is 1.30. The van der Waals surface area contributed by atoms with Gasteiger partial charge in [-0.3, -0.25) is 9.59 Å². The number of aliphatic carboxylic acids is 1. The van der Waals surface area contributed by atoms with E-state index in [-0.39, 0.29) is 17.0 Å². The predicted molar refractivity (Wildman–Crippen MR) is 91.3 cm³/mol. The lowest BCUT2D eigenvalue weighted by atomic mass is 9.87. The number of aromatic hydroxyl groups is 1. The molecule has 9 heteroatoms. The topological polar surface area (TPSA) is 126 Å². The van der Waals surface area contributed by atoms with Crippen LogP contribution in [-0.2, 0) is 4.79 Å². The fourth-order valence-corrected chi connectivity index (χ4v) is 3.31. The number of hydrogen-bond acceptors (Lipinski definition) is 6. The van der Waals surface area contributed by atoms with Crippen molar-refractivity contribution in [2.75, 3.05) is 13.2 Å². The molecule has 3 rings (SSSR count). The minimum Gasteiger partial charge on any atom is -0.507 e. The van der Waals surface area contributed by atoms with E-state index in [4.69, 9.17) is 9.84 Å². The molecule has 0 spiro atoms. The van der Waals surface area contributed by atoms with E-state index in [9.17, 15) is 14.7 Å². The summed E-state index contributed by atoms with van der Waals surface area (Å²) in [7, 11) is 0. The zero-order valence-corrected chi connectivity index (χ0v) is 14.3. The molecule has 0 bridgehead atoms. The predicted octanol–water partition coefficient (Wildman–Crippen LogP) is 1.60. The highest BCUT2D eigenvalue weighted by Crippen LogP contribution is 2.29. The molecule has 1 fully saturated rings. The van der Waals surface area contributed by atoms with Crippen LogP contribution in [0.5, 0.6) is 11.6 Å². The van der Waals surface area contributed by atoms with Gasteiger partial charge < -0.3 is 20.3 Å². The smallest absolute Gasteiger partial charge is 0.322 e. The summed E-state index contributed by atoms with van der Waals surface area (Å²) in [5.74, 6) is -1.30. The molecule has 0 unspecified atom stereocenters. The number of carbonyl (C=O) groups excluding carboxylic acids is 1. The van der Waals surface area contributed by atoms with Crippen LogP contribution in [0, 0.1) is 5.92 Å². The monoisotopic (exact) mass is 362 g/mol. The normalized spacial score (nSPS) is 15.1. The largest absolute Gasteiger partial charge is 0.507 e. The Labute approximate surface area is 150 Å². The number of aromatic nitrogens is 3. The highest BCUT2D eigenvalue weighted by molar-refractivity contribution is 6.03. The van der Waals surface area contributed by atoms with Crippen LogP contribution in [0.15, 0.2) is 12.4 Å².